The van der Waals surface area contributed by atoms with Crippen LogP contribution in [-0.2, 0) is 16.1 Å². The van der Waals surface area contributed by atoms with Crippen molar-refractivity contribution in [1.29, 1.82) is 0 Å². The van der Waals surface area contributed by atoms with Crippen molar-refractivity contribution in [3.8, 4) is 0 Å². The van der Waals surface area contributed by atoms with Crippen LogP contribution in [0.15, 0.2) is 24.3 Å². The summed E-state index contributed by atoms with van der Waals surface area (Å²) in [7, 11) is 3.26. The first-order chi connectivity index (χ1) is 7.63. The second kappa shape index (κ2) is 6.35. The number of ether oxygens (including phenoxy) is 1. The van der Waals surface area contributed by atoms with E-state index >= 15 is 0 Å². The number of rotatable bonds is 6. The number of ketones is 1. The summed E-state index contributed by atoms with van der Waals surface area (Å²) in [6.07, 6.45) is 0. The van der Waals surface area contributed by atoms with E-state index in [0.717, 1.165) is 0 Å². The number of hydrogen-bond acceptors (Lipinski definition) is 3. The number of methoxy groups -OCH3 is 1. The molecule has 0 bridgehead atoms. The molecule has 4 heteroatoms. The molecular weight excluding hydrogens is 209 g/mol. The van der Waals surface area contributed by atoms with Gasteiger partial charge in [0, 0.05) is 19.2 Å². The molecule has 0 unspecified atom stereocenters. The van der Waals surface area contributed by atoms with Crippen LogP contribution in [0.25, 0.3) is 0 Å². The molecule has 88 valence electrons. The number of halogens is 1. The van der Waals surface area contributed by atoms with E-state index in [9.17, 15) is 9.18 Å². The Morgan fingerprint density at radius 2 is 2.12 bits per heavy atom. The molecule has 3 nitrogen and oxygen atoms in total. The SMILES string of the molecule is COCC(=O)CN(C)Cc1ccccc1F. The lowest BCUT2D eigenvalue weighted by Gasteiger charge is -2.15. The lowest BCUT2D eigenvalue weighted by molar-refractivity contribution is -0.123. The van der Waals surface area contributed by atoms with Crippen LogP contribution in [0.5, 0.6) is 0 Å². The first kappa shape index (κ1) is 12.8. The molecule has 1 aromatic carbocycles. The molecule has 0 fully saturated rings. The van der Waals surface area contributed by atoms with Gasteiger partial charge < -0.3 is 4.74 Å². The number of carbonyl (C=O) groups is 1. The van der Waals surface area contributed by atoms with Gasteiger partial charge in [0.1, 0.15) is 12.4 Å². The van der Waals surface area contributed by atoms with Crippen LogP contribution in [0.1, 0.15) is 5.56 Å². The summed E-state index contributed by atoms with van der Waals surface area (Å²) in [5.74, 6) is -0.255. The molecule has 0 atom stereocenters. The summed E-state index contributed by atoms with van der Waals surface area (Å²) < 4.78 is 18.0. The smallest absolute Gasteiger partial charge is 0.172 e. The highest BCUT2D eigenvalue weighted by molar-refractivity contribution is 5.81. The van der Waals surface area contributed by atoms with Gasteiger partial charge in [-0.1, -0.05) is 18.2 Å². The van der Waals surface area contributed by atoms with Gasteiger partial charge in [-0.15, -0.1) is 0 Å². The molecule has 0 saturated heterocycles. The number of hydrogen-bond donors (Lipinski definition) is 0. The summed E-state index contributed by atoms with van der Waals surface area (Å²) in [4.78, 5) is 13.0. The van der Waals surface area contributed by atoms with E-state index in [4.69, 9.17) is 4.74 Å². The van der Waals surface area contributed by atoms with Gasteiger partial charge >= 0.3 is 0 Å². The van der Waals surface area contributed by atoms with Crippen LogP contribution in [0.3, 0.4) is 0 Å². The number of benzene rings is 1. The fourth-order valence-corrected chi connectivity index (χ4v) is 1.48. The molecule has 0 radical (unpaired) electrons. The summed E-state index contributed by atoms with van der Waals surface area (Å²) >= 11 is 0. The average molecular weight is 225 g/mol. The maximum atomic E-state index is 13.3. The molecule has 1 rings (SSSR count). The highest BCUT2D eigenvalue weighted by atomic mass is 19.1. The fourth-order valence-electron chi connectivity index (χ4n) is 1.48. The minimum atomic E-state index is -0.242. The Bertz CT molecular complexity index is 355. The van der Waals surface area contributed by atoms with Gasteiger partial charge in [0.15, 0.2) is 5.78 Å². The zero-order valence-electron chi connectivity index (χ0n) is 9.57. The van der Waals surface area contributed by atoms with Crippen molar-refractivity contribution in [2.24, 2.45) is 0 Å². The molecule has 0 saturated carbocycles. The van der Waals surface area contributed by atoms with Gasteiger partial charge in [0.05, 0.1) is 6.54 Å². The van der Waals surface area contributed by atoms with E-state index in [2.05, 4.69) is 0 Å². The molecule has 1 aromatic rings. The predicted octanol–water partition coefficient (Wildman–Crippen LogP) is 1.47. The van der Waals surface area contributed by atoms with Crippen molar-refractivity contribution in [3.63, 3.8) is 0 Å². The zero-order chi connectivity index (χ0) is 12.0. The maximum absolute atomic E-state index is 13.3. The van der Waals surface area contributed by atoms with Gasteiger partial charge in [-0.3, -0.25) is 9.69 Å². The van der Waals surface area contributed by atoms with E-state index in [1.165, 1.54) is 13.2 Å². The molecule has 0 aromatic heterocycles. The minimum Gasteiger partial charge on any atom is -0.377 e. The summed E-state index contributed by atoms with van der Waals surface area (Å²) in [5.41, 5.74) is 0.593. The van der Waals surface area contributed by atoms with Crippen LogP contribution < -0.4 is 0 Å². The number of Topliss-reactive ketones (excluding diaryl/α,β-unsaturated/α-hetero) is 1. The molecule has 16 heavy (non-hydrogen) atoms. The topological polar surface area (TPSA) is 29.5 Å². The molecule has 0 aliphatic heterocycles. The van der Waals surface area contributed by atoms with Gasteiger partial charge in [0.25, 0.3) is 0 Å². The Balaban J connectivity index is 2.48. The predicted molar refractivity (Wildman–Crippen MR) is 59.6 cm³/mol. The van der Waals surface area contributed by atoms with E-state index in [1.54, 1.807) is 30.1 Å². The normalized spacial score (nSPS) is 10.8. The molecule has 0 amide bonds. The van der Waals surface area contributed by atoms with Crippen LogP contribution in [-0.4, -0.2) is 38.0 Å². The van der Waals surface area contributed by atoms with Crippen LogP contribution in [0.2, 0.25) is 0 Å². The maximum Gasteiger partial charge on any atom is 0.172 e. The van der Waals surface area contributed by atoms with E-state index in [0.29, 0.717) is 12.1 Å². The molecule has 0 spiro atoms. The summed E-state index contributed by atoms with van der Waals surface area (Å²) in [6, 6.07) is 6.56. The average Bonchev–Trinajstić information content (AvgIpc) is 2.21. The quantitative estimate of drug-likeness (QED) is 0.734. The molecule has 0 N–H and O–H groups in total. The highest BCUT2D eigenvalue weighted by Gasteiger charge is 2.08. The molecule has 0 heterocycles. The highest BCUT2D eigenvalue weighted by Crippen LogP contribution is 2.08. The Kier molecular flexibility index (Phi) is 5.08. The largest absolute Gasteiger partial charge is 0.377 e. The first-order valence-corrected chi connectivity index (χ1v) is 5.06. The fraction of sp³-hybridized carbons (Fsp3) is 0.417. The third kappa shape index (κ3) is 4.08. The standard InChI is InChI=1S/C12H16FNO2/c1-14(8-11(15)9-16-2)7-10-5-3-4-6-12(10)13/h3-6H,7-9H2,1-2H3. The van der Waals surface area contributed by atoms with Crippen molar-refractivity contribution in [2.75, 3.05) is 27.3 Å². The monoisotopic (exact) mass is 225 g/mol. The Morgan fingerprint density at radius 1 is 1.44 bits per heavy atom. The number of nitrogens with zero attached hydrogens (tertiary/aromatic N) is 1. The lowest BCUT2D eigenvalue weighted by Crippen LogP contribution is -2.28. The third-order valence-electron chi connectivity index (χ3n) is 2.15. The Hall–Kier alpha value is -1.26. The van der Waals surface area contributed by atoms with Crippen molar-refractivity contribution < 1.29 is 13.9 Å². The van der Waals surface area contributed by atoms with Crippen molar-refractivity contribution >= 4 is 5.78 Å². The van der Waals surface area contributed by atoms with E-state index < -0.39 is 0 Å². The molecule has 0 aliphatic carbocycles. The van der Waals surface area contributed by atoms with E-state index in [-0.39, 0.29) is 24.8 Å². The van der Waals surface area contributed by atoms with E-state index in [1.807, 2.05) is 0 Å². The van der Waals surface area contributed by atoms with Crippen LogP contribution >= 0.6 is 0 Å². The zero-order valence-corrected chi connectivity index (χ0v) is 9.57. The first-order valence-electron chi connectivity index (χ1n) is 5.06. The van der Waals surface area contributed by atoms with Gasteiger partial charge in [0.2, 0.25) is 0 Å². The minimum absolute atomic E-state index is 0.0126. The lowest BCUT2D eigenvalue weighted by atomic mass is 10.2. The summed E-state index contributed by atoms with van der Waals surface area (Å²) in [6.45, 7) is 0.784. The number of carbonyl (C=O) groups excluding carboxylic acids is 1. The van der Waals surface area contributed by atoms with Crippen LogP contribution in [0, 0.1) is 5.82 Å². The van der Waals surface area contributed by atoms with Gasteiger partial charge in [-0.25, -0.2) is 4.39 Å². The Labute approximate surface area is 94.8 Å². The Morgan fingerprint density at radius 3 is 2.75 bits per heavy atom. The number of likely N-dealkylation sites (N-methyl/N-ethyl adjacent to an activating group) is 1. The molecular formula is C12H16FNO2. The second-order valence-corrected chi connectivity index (χ2v) is 3.74. The van der Waals surface area contributed by atoms with Crippen molar-refractivity contribution in [2.45, 2.75) is 6.54 Å². The van der Waals surface area contributed by atoms with Crippen LogP contribution in [0.4, 0.5) is 4.39 Å². The third-order valence-corrected chi connectivity index (χ3v) is 2.15. The molecule has 0 aliphatic rings. The van der Waals surface area contributed by atoms with Gasteiger partial charge in [-0.2, -0.15) is 0 Å². The van der Waals surface area contributed by atoms with Gasteiger partial charge in [-0.05, 0) is 13.1 Å². The van der Waals surface area contributed by atoms with Crippen molar-refractivity contribution in [1.82, 2.24) is 4.90 Å². The van der Waals surface area contributed by atoms with Crippen molar-refractivity contribution in [3.05, 3.63) is 35.6 Å². The summed E-state index contributed by atoms with van der Waals surface area (Å²) in [5, 5.41) is 0. The second-order valence-electron chi connectivity index (χ2n) is 3.74.